The smallest absolute Gasteiger partial charge is 0.116 e. The molecular formula is C28H29N5. The Hall–Kier alpha value is -3.44. The molecule has 3 N–H and O–H groups in total. The summed E-state index contributed by atoms with van der Waals surface area (Å²) in [5.74, 6) is 0.842. The highest BCUT2D eigenvalue weighted by Gasteiger charge is 2.15. The van der Waals surface area contributed by atoms with Crippen LogP contribution in [0.5, 0.6) is 0 Å². The van der Waals surface area contributed by atoms with Gasteiger partial charge in [0.05, 0.1) is 17.8 Å². The first-order valence-electron chi connectivity index (χ1n) is 12.0. The summed E-state index contributed by atoms with van der Waals surface area (Å²) in [6, 6.07) is 17.1. The van der Waals surface area contributed by atoms with Gasteiger partial charge in [-0.1, -0.05) is 43.2 Å². The Morgan fingerprint density at radius 2 is 1.91 bits per heavy atom. The Morgan fingerprint density at radius 3 is 2.82 bits per heavy atom. The van der Waals surface area contributed by atoms with Gasteiger partial charge in [0.2, 0.25) is 0 Å². The van der Waals surface area contributed by atoms with Gasteiger partial charge < -0.3 is 10.3 Å². The molecule has 2 aromatic heterocycles. The van der Waals surface area contributed by atoms with E-state index in [0.29, 0.717) is 6.54 Å². The van der Waals surface area contributed by atoms with Crippen LogP contribution < -0.4 is 5.32 Å². The summed E-state index contributed by atoms with van der Waals surface area (Å²) in [4.78, 5) is 8.10. The minimum Gasteiger partial charge on any atom is -0.353 e. The molecule has 0 saturated heterocycles. The molecule has 1 aliphatic heterocycles. The van der Waals surface area contributed by atoms with Gasteiger partial charge in [0, 0.05) is 29.0 Å². The number of aliphatic imine (C=N–C) groups is 1. The van der Waals surface area contributed by atoms with Crippen molar-refractivity contribution < 1.29 is 0 Å². The van der Waals surface area contributed by atoms with Crippen molar-refractivity contribution in [3.63, 3.8) is 0 Å². The van der Waals surface area contributed by atoms with Crippen molar-refractivity contribution in [2.24, 2.45) is 10.9 Å². The number of hydrogen-bond acceptors (Lipinski definition) is 3. The summed E-state index contributed by atoms with van der Waals surface area (Å²) in [6.07, 6.45) is 12.0. The number of aromatic nitrogens is 3. The number of nitrogens with zero attached hydrogens (tertiary/aromatic N) is 2. The molecule has 5 heteroatoms. The van der Waals surface area contributed by atoms with E-state index < -0.39 is 0 Å². The van der Waals surface area contributed by atoms with Gasteiger partial charge >= 0.3 is 0 Å². The van der Waals surface area contributed by atoms with Crippen LogP contribution in [0, 0.1) is 5.92 Å². The largest absolute Gasteiger partial charge is 0.353 e. The van der Waals surface area contributed by atoms with Crippen molar-refractivity contribution in [2.45, 2.75) is 25.7 Å². The van der Waals surface area contributed by atoms with E-state index in [-0.39, 0.29) is 0 Å². The van der Waals surface area contributed by atoms with Crippen LogP contribution in [0.25, 0.3) is 38.8 Å². The van der Waals surface area contributed by atoms with Crippen LogP contribution in [0.3, 0.4) is 0 Å². The second kappa shape index (κ2) is 8.83. The van der Waals surface area contributed by atoms with Crippen LogP contribution in [0.4, 0.5) is 0 Å². The van der Waals surface area contributed by atoms with Gasteiger partial charge in [-0.15, -0.1) is 0 Å². The van der Waals surface area contributed by atoms with Crippen molar-refractivity contribution in [2.75, 3.05) is 19.6 Å². The van der Waals surface area contributed by atoms with Crippen LogP contribution in [0.15, 0.2) is 71.2 Å². The number of aromatic amines is 2. The topological polar surface area (TPSA) is 68.9 Å². The Labute approximate surface area is 193 Å². The lowest BCUT2D eigenvalue weighted by atomic mass is 10.00. The molecule has 166 valence electrons. The number of nitrogens with one attached hydrogen (secondary N) is 3. The molecule has 2 aromatic carbocycles. The molecule has 4 aromatic rings. The summed E-state index contributed by atoms with van der Waals surface area (Å²) in [5, 5.41) is 13.8. The van der Waals surface area contributed by atoms with Crippen molar-refractivity contribution in [1.29, 1.82) is 0 Å². The van der Waals surface area contributed by atoms with Gasteiger partial charge in [0.15, 0.2) is 0 Å². The van der Waals surface area contributed by atoms with E-state index >= 15 is 0 Å². The van der Waals surface area contributed by atoms with Gasteiger partial charge in [-0.05, 0) is 72.4 Å². The number of allylic oxidation sites excluding steroid dienone is 2. The summed E-state index contributed by atoms with van der Waals surface area (Å²) in [7, 11) is 0. The average molecular weight is 436 g/mol. The Morgan fingerprint density at radius 1 is 1.00 bits per heavy atom. The van der Waals surface area contributed by atoms with Gasteiger partial charge in [-0.3, -0.25) is 10.1 Å². The first kappa shape index (κ1) is 20.2. The molecule has 1 saturated carbocycles. The fourth-order valence-electron chi connectivity index (χ4n) is 5.15. The zero-order valence-corrected chi connectivity index (χ0v) is 18.8. The van der Waals surface area contributed by atoms with Crippen LogP contribution in [0.2, 0.25) is 0 Å². The number of fused-ring (bicyclic) bond motifs is 2. The number of benzene rings is 2. The monoisotopic (exact) mass is 435 g/mol. The SMILES string of the molecule is C1=NCC=C(c2ccc3[nH]nc(-c4cc5ccccc5[nH]4)c3c2)C=C1CNCC1CCCC1. The minimum absolute atomic E-state index is 0.705. The lowest BCUT2D eigenvalue weighted by Crippen LogP contribution is -2.23. The quantitative estimate of drug-likeness (QED) is 0.354. The van der Waals surface area contributed by atoms with E-state index in [0.717, 1.165) is 46.8 Å². The zero-order valence-electron chi connectivity index (χ0n) is 18.8. The minimum atomic E-state index is 0.705. The van der Waals surface area contributed by atoms with E-state index in [1.54, 1.807) is 0 Å². The normalized spacial score (nSPS) is 17.0. The van der Waals surface area contributed by atoms with Crippen molar-refractivity contribution in [1.82, 2.24) is 20.5 Å². The van der Waals surface area contributed by atoms with Gasteiger partial charge in [0.1, 0.15) is 5.69 Å². The summed E-state index contributed by atoms with van der Waals surface area (Å²) in [5.41, 5.74) is 7.80. The second-order valence-corrected chi connectivity index (χ2v) is 9.26. The Kier molecular flexibility index (Phi) is 5.40. The average Bonchev–Trinajstić information content (AvgIpc) is 3.56. The standard InChI is InChI=1S/C28H29N5/c1-2-6-19(5-1)16-30-18-20-13-22(11-12-29-17-20)21-9-10-26-24(14-21)28(33-32-26)27-15-23-7-3-4-8-25(23)31-27/h3-4,7-11,13-15,17,19,30-31H,1-2,5-6,12,16,18H2,(H,32,33). The van der Waals surface area contributed by atoms with Crippen LogP contribution in [0.1, 0.15) is 31.2 Å². The highest BCUT2D eigenvalue weighted by molar-refractivity contribution is 5.98. The zero-order chi connectivity index (χ0) is 22.0. The molecule has 0 unspecified atom stereocenters. The number of H-pyrrole nitrogens is 2. The third-order valence-electron chi connectivity index (χ3n) is 6.93. The van der Waals surface area contributed by atoms with Gasteiger partial charge in [0.25, 0.3) is 0 Å². The third kappa shape index (κ3) is 4.16. The first-order valence-corrected chi connectivity index (χ1v) is 12.0. The Balaban J connectivity index is 1.28. The molecule has 0 radical (unpaired) electrons. The molecule has 1 aliphatic carbocycles. The highest BCUT2D eigenvalue weighted by atomic mass is 15.1. The molecule has 0 amide bonds. The molecule has 5 nitrogen and oxygen atoms in total. The van der Waals surface area contributed by atoms with E-state index in [1.807, 2.05) is 6.21 Å². The Bertz CT molecular complexity index is 1340. The first-order chi connectivity index (χ1) is 16.3. The lowest BCUT2D eigenvalue weighted by molar-refractivity contribution is 0.504. The van der Waals surface area contributed by atoms with Gasteiger partial charge in [-0.25, -0.2) is 0 Å². The molecule has 33 heavy (non-hydrogen) atoms. The second-order valence-electron chi connectivity index (χ2n) is 9.26. The fraction of sp³-hybridized carbons (Fsp3) is 0.286. The number of hydrogen-bond donors (Lipinski definition) is 3. The van der Waals surface area contributed by atoms with E-state index in [2.05, 4.69) is 86.2 Å². The lowest BCUT2D eigenvalue weighted by Gasteiger charge is -2.11. The number of rotatable bonds is 6. The number of para-hydroxylation sites is 1. The van der Waals surface area contributed by atoms with Crippen LogP contribution >= 0.6 is 0 Å². The molecule has 0 spiro atoms. The van der Waals surface area contributed by atoms with E-state index in [1.165, 1.54) is 47.8 Å². The maximum absolute atomic E-state index is 4.63. The predicted octanol–water partition coefficient (Wildman–Crippen LogP) is 5.89. The van der Waals surface area contributed by atoms with Crippen molar-refractivity contribution in [3.05, 3.63) is 71.8 Å². The molecule has 6 rings (SSSR count). The summed E-state index contributed by atoms with van der Waals surface area (Å²) in [6.45, 7) is 2.68. The summed E-state index contributed by atoms with van der Waals surface area (Å²) >= 11 is 0. The predicted molar refractivity (Wildman–Crippen MR) is 138 cm³/mol. The molecule has 1 fully saturated rings. The molecular weight excluding hydrogens is 406 g/mol. The maximum atomic E-state index is 4.63. The molecule has 0 atom stereocenters. The fourth-order valence-corrected chi connectivity index (χ4v) is 5.15. The highest BCUT2D eigenvalue weighted by Crippen LogP contribution is 2.31. The van der Waals surface area contributed by atoms with Crippen LogP contribution in [-0.4, -0.2) is 41.0 Å². The molecule has 2 aliphatic rings. The van der Waals surface area contributed by atoms with Crippen molar-refractivity contribution >= 4 is 33.6 Å². The van der Waals surface area contributed by atoms with Crippen molar-refractivity contribution in [3.8, 4) is 11.4 Å². The summed E-state index contributed by atoms with van der Waals surface area (Å²) < 4.78 is 0. The molecule has 0 bridgehead atoms. The maximum Gasteiger partial charge on any atom is 0.116 e. The van der Waals surface area contributed by atoms with E-state index in [9.17, 15) is 0 Å². The molecule has 3 heterocycles. The van der Waals surface area contributed by atoms with E-state index in [4.69, 9.17) is 0 Å². The van der Waals surface area contributed by atoms with Gasteiger partial charge in [-0.2, -0.15) is 5.10 Å². The third-order valence-corrected chi connectivity index (χ3v) is 6.93. The van der Waals surface area contributed by atoms with Crippen LogP contribution in [-0.2, 0) is 0 Å².